The van der Waals surface area contributed by atoms with Gasteiger partial charge >= 0.3 is 0 Å². The van der Waals surface area contributed by atoms with Crippen molar-refractivity contribution >= 4 is 38.9 Å². The van der Waals surface area contributed by atoms with Gasteiger partial charge in [-0.25, -0.2) is 8.42 Å². The molecule has 0 fully saturated rings. The molecule has 1 atom stereocenters. The molecule has 0 aliphatic carbocycles. The maximum Gasteiger partial charge on any atom is 0.266 e. The molecule has 3 N–H and O–H groups in total. The summed E-state index contributed by atoms with van der Waals surface area (Å²) in [6.07, 6.45) is -0.169. The third-order valence-electron chi connectivity index (χ3n) is 3.86. The number of ether oxygens (including phenoxy) is 2. The second-order valence-electron chi connectivity index (χ2n) is 6.13. The maximum atomic E-state index is 12.3. The molecule has 148 valence electrons. The highest BCUT2D eigenvalue weighted by molar-refractivity contribution is 7.92. The number of hydrogen-bond donors (Lipinski definition) is 3. The number of hydrogen-bond acceptors (Lipinski definition) is 6. The van der Waals surface area contributed by atoms with Gasteiger partial charge in [-0.05, 0) is 30.3 Å². The third kappa shape index (κ3) is 4.71. The van der Waals surface area contributed by atoms with Crippen LogP contribution >= 0.6 is 0 Å². The first kappa shape index (κ1) is 19.5. The number of methoxy groups -OCH3 is 1. The van der Waals surface area contributed by atoms with E-state index in [2.05, 4.69) is 15.4 Å². The van der Waals surface area contributed by atoms with Gasteiger partial charge in [0.25, 0.3) is 5.91 Å². The van der Waals surface area contributed by atoms with Gasteiger partial charge in [-0.3, -0.25) is 14.3 Å². The molecule has 0 bridgehead atoms. The predicted molar refractivity (Wildman–Crippen MR) is 104 cm³/mol. The van der Waals surface area contributed by atoms with Crippen LogP contribution in [0.5, 0.6) is 11.5 Å². The molecule has 2 aromatic carbocycles. The first-order valence-corrected chi connectivity index (χ1v) is 10.2. The van der Waals surface area contributed by atoms with Crippen molar-refractivity contribution in [3.05, 3.63) is 42.5 Å². The van der Waals surface area contributed by atoms with Gasteiger partial charge in [0, 0.05) is 5.69 Å². The Morgan fingerprint density at radius 2 is 2.00 bits per heavy atom. The zero-order chi connectivity index (χ0) is 20.3. The molecule has 1 aliphatic heterocycles. The van der Waals surface area contributed by atoms with Crippen LogP contribution in [0, 0.1) is 0 Å². The van der Waals surface area contributed by atoms with Crippen molar-refractivity contribution < 1.29 is 27.5 Å². The molecule has 1 heterocycles. The monoisotopic (exact) mass is 405 g/mol. The van der Waals surface area contributed by atoms with Gasteiger partial charge in [0.15, 0.2) is 6.10 Å². The van der Waals surface area contributed by atoms with E-state index >= 15 is 0 Å². The van der Waals surface area contributed by atoms with Crippen LogP contribution in [0.2, 0.25) is 0 Å². The highest BCUT2D eigenvalue weighted by Crippen LogP contribution is 2.31. The molecule has 3 rings (SSSR count). The lowest BCUT2D eigenvalue weighted by Crippen LogP contribution is -2.39. The van der Waals surface area contributed by atoms with Crippen LogP contribution in [0.1, 0.15) is 6.42 Å². The summed E-state index contributed by atoms with van der Waals surface area (Å²) in [4.78, 5) is 24.5. The minimum absolute atomic E-state index is 0.184. The smallest absolute Gasteiger partial charge is 0.266 e. The van der Waals surface area contributed by atoms with Gasteiger partial charge in [-0.1, -0.05) is 12.1 Å². The van der Waals surface area contributed by atoms with Crippen molar-refractivity contribution in [1.29, 1.82) is 0 Å². The Morgan fingerprint density at radius 1 is 1.25 bits per heavy atom. The van der Waals surface area contributed by atoms with Gasteiger partial charge in [-0.15, -0.1) is 0 Å². The lowest BCUT2D eigenvalue weighted by atomic mass is 10.1. The fraction of sp³-hybridized carbons (Fsp3) is 0.222. The first-order chi connectivity index (χ1) is 13.2. The number of rotatable bonds is 6. The van der Waals surface area contributed by atoms with Crippen LogP contribution in [0.4, 0.5) is 17.1 Å². The largest absolute Gasteiger partial charge is 0.495 e. The van der Waals surface area contributed by atoms with Crippen LogP contribution in [-0.2, 0) is 19.6 Å². The Balaban J connectivity index is 1.70. The van der Waals surface area contributed by atoms with E-state index in [-0.39, 0.29) is 12.1 Å². The van der Waals surface area contributed by atoms with E-state index in [1.165, 1.54) is 19.2 Å². The highest BCUT2D eigenvalue weighted by Gasteiger charge is 2.29. The molecule has 1 aliphatic rings. The summed E-state index contributed by atoms with van der Waals surface area (Å²) in [6.45, 7) is 0. The number of carbonyl (C=O) groups is 2. The predicted octanol–water partition coefficient (Wildman–Crippen LogP) is 1.79. The number of para-hydroxylation sites is 2. The number of sulfonamides is 1. The molecule has 28 heavy (non-hydrogen) atoms. The average molecular weight is 405 g/mol. The van der Waals surface area contributed by atoms with Crippen molar-refractivity contribution in [3.63, 3.8) is 0 Å². The SMILES string of the molecule is COc1ccc(NC(=O)CC2Oc3ccccc3NC2=O)cc1NS(C)(=O)=O. The quantitative estimate of drug-likeness (QED) is 0.673. The number of fused-ring (bicyclic) bond motifs is 1. The van der Waals surface area contributed by atoms with Crippen LogP contribution in [-0.4, -0.2) is 39.7 Å². The molecule has 0 spiro atoms. The summed E-state index contributed by atoms with van der Waals surface area (Å²) in [5, 5.41) is 5.31. The zero-order valence-electron chi connectivity index (χ0n) is 15.2. The average Bonchev–Trinajstić information content (AvgIpc) is 2.61. The lowest BCUT2D eigenvalue weighted by Gasteiger charge is -2.25. The van der Waals surface area contributed by atoms with Crippen molar-refractivity contribution in [2.24, 2.45) is 0 Å². The Bertz CT molecular complexity index is 1020. The van der Waals surface area contributed by atoms with Gasteiger partial charge in [0.05, 0.1) is 31.2 Å². The van der Waals surface area contributed by atoms with Crippen LogP contribution < -0.4 is 24.8 Å². The third-order valence-corrected chi connectivity index (χ3v) is 4.45. The topological polar surface area (TPSA) is 123 Å². The Labute approximate surface area is 162 Å². The molecule has 9 nitrogen and oxygen atoms in total. The van der Waals surface area contributed by atoms with E-state index in [1.54, 1.807) is 30.3 Å². The van der Waals surface area contributed by atoms with E-state index in [4.69, 9.17) is 9.47 Å². The summed E-state index contributed by atoms with van der Waals surface area (Å²) >= 11 is 0. The molecule has 0 aromatic heterocycles. The number of carbonyl (C=O) groups excluding carboxylic acids is 2. The summed E-state index contributed by atoms with van der Waals surface area (Å²) in [5.74, 6) is -0.0861. The molecule has 2 amide bonds. The van der Waals surface area contributed by atoms with Gasteiger partial charge in [-0.2, -0.15) is 0 Å². The second kappa shape index (κ2) is 7.77. The fourth-order valence-electron chi connectivity index (χ4n) is 2.67. The van der Waals surface area contributed by atoms with E-state index in [9.17, 15) is 18.0 Å². The molecule has 1 unspecified atom stereocenters. The Morgan fingerprint density at radius 3 is 2.71 bits per heavy atom. The minimum atomic E-state index is -3.53. The summed E-state index contributed by atoms with van der Waals surface area (Å²) in [6, 6.07) is 11.4. The van der Waals surface area contributed by atoms with Gasteiger partial charge in [0.1, 0.15) is 11.5 Å². The lowest BCUT2D eigenvalue weighted by molar-refractivity contribution is -0.128. The summed E-state index contributed by atoms with van der Waals surface area (Å²) in [5.41, 5.74) is 1.08. The zero-order valence-corrected chi connectivity index (χ0v) is 16.0. The number of nitrogens with one attached hydrogen (secondary N) is 3. The van der Waals surface area contributed by atoms with E-state index in [0.717, 1.165) is 6.26 Å². The molecular formula is C18H19N3O6S. The fourth-order valence-corrected chi connectivity index (χ4v) is 3.23. The van der Waals surface area contributed by atoms with Gasteiger partial charge in [0.2, 0.25) is 15.9 Å². The standard InChI is InChI=1S/C18H19N3O6S/c1-26-14-8-7-11(9-13(14)21-28(2,24)25)19-17(22)10-16-18(23)20-12-5-3-4-6-15(12)27-16/h3-9,16,21H,10H2,1-2H3,(H,19,22)(H,20,23). The van der Waals surface area contributed by atoms with Crippen LogP contribution in [0.3, 0.4) is 0 Å². The molecule has 0 saturated carbocycles. The van der Waals surface area contributed by atoms with E-state index in [1.807, 2.05) is 0 Å². The van der Waals surface area contributed by atoms with E-state index in [0.29, 0.717) is 22.9 Å². The number of amides is 2. The Kier molecular flexibility index (Phi) is 5.41. The molecular weight excluding hydrogens is 386 g/mol. The van der Waals surface area contributed by atoms with Crippen molar-refractivity contribution in [2.75, 3.05) is 28.7 Å². The molecule has 2 aromatic rings. The van der Waals surface area contributed by atoms with Crippen molar-refractivity contribution in [1.82, 2.24) is 0 Å². The number of anilines is 3. The van der Waals surface area contributed by atoms with E-state index < -0.39 is 27.9 Å². The Hall–Kier alpha value is -3.27. The van der Waals surface area contributed by atoms with Crippen LogP contribution in [0.25, 0.3) is 0 Å². The number of benzene rings is 2. The van der Waals surface area contributed by atoms with Crippen LogP contribution in [0.15, 0.2) is 42.5 Å². The molecule has 0 radical (unpaired) electrons. The van der Waals surface area contributed by atoms with Crippen molar-refractivity contribution in [2.45, 2.75) is 12.5 Å². The normalized spacial score (nSPS) is 15.6. The summed E-state index contributed by atoms with van der Waals surface area (Å²) in [7, 11) is -2.13. The first-order valence-electron chi connectivity index (χ1n) is 8.27. The highest BCUT2D eigenvalue weighted by atomic mass is 32.2. The van der Waals surface area contributed by atoms with Gasteiger partial charge < -0.3 is 20.1 Å². The summed E-state index contributed by atoms with van der Waals surface area (Å²) < 4.78 is 36.0. The molecule has 10 heteroatoms. The van der Waals surface area contributed by atoms with Crippen molar-refractivity contribution in [3.8, 4) is 11.5 Å². The second-order valence-corrected chi connectivity index (χ2v) is 7.88. The maximum absolute atomic E-state index is 12.3. The molecule has 0 saturated heterocycles. The minimum Gasteiger partial charge on any atom is -0.495 e.